The topological polar surface area (TPSA) is 81.6 Å². The number of methoxy groups -OCH3 is 1. The van der Waals surface area contributed by atoms with Crippen molar-refractivity contribution in [1.29, 1.82) is 0 Å². The lowest BCUT2D eigenvalue weighted by Gasteiger charge is -2.31. The van der Waals surface area contributed by atoms with Crippen LogP contribution in [0.25, 0.3) is 0 Å². The second-order valence-electron chi connectivity index (χ2n) is 5.74. The van der Waals surface area contributed by atoms with Gasteiger partial charge < -0.3 is 16.2 Å². The average molecular weight is 291 g/mol. The first-order valence-electron chi connectivity index (χ1n) is 7.49. The van der Waals surface area contributed by atoms with Gasteiger partial charge in [-0.05, 0) is 49.5 Å². The van der Waals surface area contributed by atoms with Crippen molar-refractivity contribution in [3.63, 3.8) is 0 Å². The number of ether oxygens (including phenoxy) is 1. The highest BCUT2D eigenvalue weighted by molar-refractivity contribution is 5.73. The van der Waals surface area contributed by atoms with E-state index in [4.69, 9.17) is 16.2 Å². The number of likely N-dealkylation sites (tertiary alicyclic amines) is 1. The largest absolute Gasteiger partial charge is 0.496 e. The molecule has 0 aliphatic carbocycles. The smallest absolute Gasteiger partial charge is 0.217 e. The van der Waals surface area contributed by atoms with E-state index in [1.165, 1.54) is 5.56 Å². The fraction of sp³-hybridized carbons (Fsp3) is 0.562. The molecule has 0 bridgehead atoms. The molecule has 116 valence electrons. The van der Waals surface area contributed by atoms with Crippen LogP contribution < -0.4 is 16.2 Å². The molecule has 1 fully saturated rings. The molecule has 0 unspecified atom stereocenters. The fourth-order valence-corrected chi connectivity index (χ4v) is 2.98. The van der Waals surface area contributed by atoms with E-state index in [2.05, 4.69) is 17.0 Å². The summed E-state index contributed by atoms with van der Waals surface area (Å²) in [7, 11) is 1.66. The summed E-state index contributed by atoms with van der Waals surface area (Å²) in [4.78, 5) is 13.4. The van der Waals surface area contributed by atoms with Gasteiger partial charge in [0.25, 0.3) is 0 Å². The van der Waals surface area contributed by atoms with Crippen LogP contribution in [0.4, 0.5) is 0 Å². The number of amides is 1. The monoisotopic (exact) mass is 291 g/mol. The fourth-order valence-electron chi connectivity index (χ4n) is 2.98. The van der Waals surface area contributed by atoms with Gasteiger partial charge in [-0.25, -0.2) is 0 Å². The van der Waals surface area contributed by atoms with Crippen LogP contribution in [0.3, 0.4) is 0 Å². The number of primary amides is 1. The van der Waals surface area contributed by atoms with Gasteiger partial charge in [-0.15, -0.1) is 0 Å². The van der Waals surface area contributed by atoms with Crippen molar-refractivity contribution >= 4 is 5.91 Å². The number of carbonyl (C=O) groups is 1. The van der Waals surface area contributed by atoms with E-state index in [0.717, 1.165) is 43.8 Å². The number of benzene rings is 1. The molecule has 1 heterocycles. The number of nitrogens with two attached hydrogens (primary N) is 2. The molecule has 0 radical (unpaired) electrons. The summed E-state index contributed by atoms with van der Waals surface area (Å²) in [5.41, 5.74) is 13.3. The van der Waals surface area contributed by atoms with Crippen molar-refractivity contribution < 1.29 is 9.53 Å². The molecule has 5 nitrogen and oxygen atoms in total. The summed E-state index contributed by atoms with van der Waals surface area (Å²) in [5, 5.41) is 0. The van der Waals surface area contributed by atoms with Crippen molar-refractivity contribution in [2.24, 2.45) is 17.4 Å². The van der Waals surface area contributed by atoms with Crippen molar-refractivity contribution in [3.05, 3.63) is 29.3 Å². The van der Waals surface area contributed by atoms with E-state index in [0.29, 0.717) is 18.9 Å². The van der Waals surface area contributed by atoms with Crippen LogP contribution in [0.2, 0.25) is 0 Å². The molecule has 1 saturated heterocycles. The number of hydrogen-bond acceptors (Lipinski definition) is 4. The highest BCUT2D eigenvalue weighted by Crippen LogP contribution is 2.24. The number of rotatable bonds is 6. The van der Waals surface area contributed by atoms with Gasteiger partial charge >= 0.3 is 0 Å². The van der Waals surface area contributed by atoms with Crippen LogP contribution in [0.5, 0.6) is 5.75 Å². The molecule has 0 atom stereocenters. The predicted molar refractivity (Wildman–Crippen MR) is 82.7 cm³/mol. The van der Waals surface area contributed by atoms with Crippen molar-refractivity contribution in [2.75, 3.05) is 20.2 Å². The summed E-state index contributed by atoms with van der Waals surface area (Å²) in [6, 6.07) is 6.19. The molecule has 0 spiro atoms. The van der Waals surface area contributed by atoms with Gasteiger partial charge in [-0.3, -0.25) is 9.69 Å². The van der Waals surface area contributed by atoms with Gasteiger partial charge in [0.2, 0.25) is 5.91 Å². The minimum Gasteiger partial charge on any atom is -0.496 e. The standard InChI is InChI=1S/C16H25N3O2/c1-21-15-3-2-13(8-14(15)10-17)11-19-6-4-12(5-7-19)9-16(18)20/h2-3,8,12H,4-7,9-11,17H2,1H3,(H2,18,20). The Morgan fingerprint density at radius 1 is 1.38 bits per heavy atom. The molecule has 0 aromatic heterocycles. The van der Waals surface area contributed by atoms with E-state index in [1.807, 2.05) is 6.07 Å². The average Bonchev–Trinajstić information content (AvgIpc) is 2.48. The van der Waals surface area contributed by atoms with E-state index in [-0.39, 0.29) is 5.91 Å². The third kappa shape index (κ3) is 4.44. The van der Waals surface area contributed by atoms with Gasteiger partial charge in [-0.1, -0.05) is 6.07 Å². The highest BCUT2D eigenvalue weighted by atomic mass is 16.5. The summed E-state index contributed by atoms with van der Waals surface area (Å²) in [5.74, 6) is 1.12. The molecule has 21 heavy (non-hydrogen) atoms. The lowest BCUT2D eigenvalue weighted by molar-refractivity contribution is -0.119. The van der Waals surface area contributed by atoms with E-state index >= 15 is 0 Å². The van der Waals surface area contributed by atoms with Crippen molar-refractivity contribution in [3.8, 4) is 5.75 Å². The second kappa shape index (κ2) is 7.43. The van der Waals surface area contributed by atoms with Crippen LogP contribution in [0.15, 0.2) is 18.2 Å². The Morgan fingerprint density at radius 3 is 2.67 bits per heavy atom. The van der Waals surface area contributed by atoms with Crippen LogP contribution >= 0.6 is 0 Å². The van der Waals surface area contributed by atoms with E-state index in [9.17, 15) is 4.79 Å². The third-order valence-electron chi connectivity index (χ3n) is 4.17. The van der Waals surface area contributed by atoms with Gasteiger partial charge in [0.05, 0.1) is 7.11 Å². The van der Waals surface area contributed by atoms with Crippen LogP contribution in [0, 0.1) is 5.92 Å². The summed E-state index contributed by atoms with van der Waals surface area (Å²) in [6.07, 6.45) is 2.61. The maximum Gasteiger partial charge on any atom is 0.217 e. The molecule has 5 heteroatoms. The zero-order chi connectivity index (χ0) is 15.2. The third-order valence-corrected chi connectivity index (χ3v) is 4.17. The van der Waals surface area contributed by atoms with Gasteiger partial charge in [0, 0.05) is 25.1 Å². The number of piperidine rings is 1. The zero-order valence-electron chi connectivity index (χ0n) is 12.7. The molecular weight excluding hydrogens is 266 g/mol. The van der Waals surface area contributed by atoms with E-state index < -0.39 is 0 Å². The van der Waals surface area contributed by atoms with Crippen LogP contribution in [0.1, 0.15) is 30.4 Å². The molecule has 2 rings (SSSR count). The molecule has 1 aliphatic heterocycles. The Balaban J connectivity index is 1.90. The Bertz CT molecular complexity index is 482. The minimum absolute atomic E-state index is 0.184. The first kappa shape index (κ1) is 15.8. The number of hydrogen-bond donors (Lipinski definition) is 2. The summed E-state index contributed by atoms with van der Waals surface area (Å²) >= 11 is 0. The van der Waals surface area contributed by atoms with Gasteiger partial charge in [0.15, 0.2) is 0 Å². The van der Waals surface area contributed by atoms with Crippen LogP contribution in [-0.2, 0) is 17.9 Å². The van der Waals surface area contributed by atoms with Gasteiger partial charge in [-0.2, -0.15) is 0 Å². The lowest BCUT2D eigenvalue weighted by atomic mass is 9.93. The molecule has 1 aromatic carbocycles. The Labute approximate surface area is 126 Å². The number of nitrogens with zero attached hydrogens (tertiary/aromatic N) is 1. The van der Waals surface area contributed by atoms with Gasteiger partial charge in [0.1, 0.15) is 5.75 Å². The normalized spacial score (nSPS) is 16.9. The first-order chi connectivity index (χ1) is 10.1. The zero-order valence-corrected chi connectivity index (χ0v) is 12.7. The molecule has 1 amide bonds. The van der Waals surface area contributed by atoms with E-state index in [1.54, 1.807) is 7.11 Å². The highest BCUT2D eigenvalue weighted by Gasteiger charge is 2.20. The molecule has 4 N–H and O–H groups in total. The quantitative estimate of drug-likeness (QED) is 0.826. The van der Waals surface area contributed by atoms with Crippen molar-refractivity contribution in [1.82, 2.24) is 4.90 Å². The maximum atomic E-state index is 11.0. The first-order valence-corrected chi connectivity index (χ1v) is 7.49. The van der Waals surface area contributed by atoms with Crippen LogP contribution in [-0.4, -0.2) is 31.0 Å². The summed E-state index contributed by atoms with van der Waals surface area (Å²) in [6.45, 7) is 3.43. The molecule has 1 aromatic rings. The second-order valence-corrected chi connectivity index (χ2v) is 5.74. The Morgan fingerprint density at radius 2 is 2.10 bits per heavy atom. The maximum absolute atomic E-state index is 11.0. The Hall–Kier alpha value is -1.59. The lowest BCUT2D eigenvalue weighted by Crippen LogP contribution is -2.34. The Kier molecular flexibility index (Phi) is 5.59. The SMILES string of the molecule is COc1ccc(CN2CCC(CC(N)=O)CC2)cc1CN. The molecular formula is C16H25N3O2. The number of carbonyl (C=O) groups excluding carboxylic acids is 1. The minimum atomic E-state index is -0.184. The molecule has 0 saturated carbocycles. The summed E-state index contributed by atoms with van der Waals surface area (Å²) < 4.78 is 5.29. The molecule has 1 aliphatic rings. The predicted octanol–water partition coefficient (Wildman–Crippen LogP) is 1.24. The van der Waals surface area contributed by atoms with Crippen molar-refractivity contribution in [2.45, 2.75) is 32.4 Å².